The summed E-state index contributed by atoms with van der Waals surface area (Å²) in [5.74, 6) is 0.577. The van der Waals surface area contributed by atoms with Crippen molar-refractivity contribution in [2.45, 2.75) is 32.1 Å². The summed E-state index contributed by atoms with van der Waals surface area (Å²) in [5.41, 5.74) is 0. The van der Waals surface area contributed by atoms with Crippen molar-refractivity contribution in [2.24, 2.45) is 10.9 Å². The Bertz CT molecular complexity index is 266. The average Bonchev–Trinajstić information content (AvgIpc) is 2.39. The molecule has 1 aliphatic carbocycles. The molecule has 0 bridgehead atoms. The van der Waals surface area contributed by atoms with Crippen molar-refractivity contribution in [1.29, 1.82) is 0 Å². The van der Waals surface area contributed by atoms with Gasteiger partial charge in [-0.15, -0.1) is 0 Å². The summed E-state index contributed by atoms with van der Waals surface area (Å²) in [7, 11) is 0. The Hall–Kier alpha value is -0.740. The van der Waals surface area contributed by atoms with E-state index in [2.05, 4.69) is 15.2 Å². The number of aliphatic imine (C=N–C) groups is 1. The zero-order valence-corrected chi connectivity index (χ0v) is 10.5. The largest absolute Gasteiger partial charge is 0.314 e. The van der Waals surface area contributed by atoms with Crippen LogP contribution in [0.4, 0.5) is 0 Å². The van der Waals surface area contributed by atoms with Gasteiger partial charge in [0.1, 0.15) is 0 Å². The highest BCUT2D eigenvalue weighted by molar-refractivity contribution is 5.87. The molecule has 0 aromatic rings. The Labute approximate surface area is 103 Å². The Morgan fingerprint density at radius 1 is 1.24 bits per heavy atom. The summed E-state index contributed by atoms with van der Waals surface area (Å²) >= 11 is 0. The molecule has 1 saturated heterocycles. The van der Waals surface area contributed by atoms with Crippen molar-refractivity contribution < 1.29 is 4.79 Å². The minimum atomic E-state index is 0.0254. The number of nitrogens with one attached hydrogen (secondary N) is 1. The fourth-order valence-corrected chi connectivity index (χ4v) is 2.57. The maximum atomic E-state index is 11.7. The Kier molecular flexibility index (Phi) is 5.13. The van der Waals surface area contributed by atoms with E-state index in [4.69, 9.17) is 0 Å². The molecule has 0 aromatic heterocycles. The Balaban J connectivity index is 1.69. The zero-order chi connectivity index (χ0) is 11.9. The van der Waals surface area contributed by atoms with Gasteiger partial charge < -0.3 is 5.32 Å². The van der Waals surface area contributed by atoms with Gasteiger partial charge in [-0.1, -0.05) is 19.3 Å². The lowest BCUT2D eigenvalue weighted by Crippen LogP contribution is -2.45. The summed E-state index contributed by atoms with van der Waals surface area (Å²) in [6.07, 6.45) is 8.27. The van der Waals surface area contributed by atoms with Gasteiger partial charge in [0.05, 0.1) is 6.54 Å². The minimum absolute atomic E-state index is 0.0254. The van der Waals surface area contributed by atoms with Crippen LogP contribution in [0.15, 0.2) is 4.99 Å². The predicted molar refractivity (Wildman–Crippen MR) is 69.4 cm³/mol. The molecule has 1 N–H and O–H groups in total. The van der Waals surface area contributed by atoms with Crippen LogP contribution in [0.25, 0.3) is 0 Å². The summed E-state index contributed by atoms with van der Waals surface area (Å²) < 4.78 is 0. The maximum Gasteiger partial charge on any atom is 0.259 e. The average molecular weight is 237 g/mol. The molecule has 96 valence electrons. The topological polar surface area (TPSA) is 44.7 Å². The smallest absolute Gasteiger partial charge is 0.259 e. The van der Waals surface area contributed by atoms with Gasteiger partial charge in [-0.05, 0) is 18.8 Å². The Morgan fingerprint density at radius 2 is 1.94 bits per heavy atom. The molecule has 1 amide bonds. The fraction of sp³-hybridized carbons (Fsp3) is 0.846. The van der Waals surface area contributed by atoms with E-state index < -0.39 is 0 Å². The molecule has 0 aromatic carbocycles. The first-order chi connectivity index (χ1) is 8.34. The van der Waals surface area contributed by atoms with E-state index in [-0.39, 0.29) is 5.91 Å². The maximum absolute atomic E-state index is 11.7. The number of nitrogens with zero attached hydrogens (tertiary/aromatic N) is 2. The van der Waals surface area contributed by atoms with Gasteiger partial charge in [0, 0.05) is 32.4 Å². The van der Waals surface area contributed by atoms with Gasteiger partial charge in [-0.25, -0.2) is 4.99 Å². The number of carbonyl (C=O) groups excluding carboxylic acids is 1. The third-order valence-corrected chi connectivity index (χ3v) is 3.65. The highest BCUT2D eigenvalue weighted by atomic mass is 16.1. The van der Waals surface area contributed by atoms with Crippen LogP contribution in [0.5, 0.6) is 0 Å². The van der Waals surface area contributed by atoms with E-state index in [9.17, 15) is 4.79 Å². The van der Waals surface area contributed by atoms with E-state index in [0.29, 0.717) is 12.5 Å². The molecule has 17 heavy (non-hydrogen) atoms. The first kappa shape index (κ1) is 12.7. The van der Waals surface area contributed by atoms with Crippen molar-refractivity contribution in [2.75, 3.05) is 32.7 Å². The van der Waals surface area contributed by atoms with Gasteiger partial charge in [-0.3, -0.25) is 9.69 Å². The predicted octanol–water partition coefficient (Wildman–Crippen LogP) is 1.07. The van der Waals surface area contributed by atoms with Crippen LogP contribution in [0.1, 0.15) is 32.1 Å². The molecule has 1 aliphatic heterocycles. The SMILES string of the molecule is O=C(CN1CCNCC1)N=CC1CCCCC1. The van der Waals surface area contributed by atoms with Crippen LogP contribution in [0, 0.1) is 5.92 Å². The van der Waals surface area contributed by atoms with E-state index in [0.717, 1.165) is 26.2 Å². The molecule has 0 radical (unpaired) electrons. The van der Waals surface area contributed by atoms with Gasteiger partial charge in [0.15, 0.2) is 0 Å². The summed E-state index contributed by atoms with van der Waals surface area (Å²) in [5, 5.41) is 3.28. The second-order valence-corrected chi connectivity index (χ2v) is 5.10. The monoisotopic (exact) mass is 237 g/mol. The lowest BCUT2D eigenvalue weighted by molar-refractivity contribution is -0.119. The number of amides is 1. The van der Waals surface area contributed by atoms with E-state index in [1.807, 2.05) is 6.21 Å². The molecule has 0 atom stereocenters. The normalized spacial score (nSPS) is 24.2. The second-order valence-electron chi connectivity index (χ2n) is 5.10. The van der Waals surface area contributed by atoms with E-state index >= 15 is 0 Å². The van der Waals surface area contributed by atoms with Crippen LogP contribution in [0.2, 0.25) is 0 Å². The van der Waals surface area contributed by atoms with Crippen molar-refractivity contribution in [3.8, 4) is 0 Å². The van der Waals surface area contributed by atoms with Crippen LogP contribution >= 0.6 is 0 Å². The van der Waals surface area contributed by atoms with Gasteiger partial charge in [0.25, 0.3) is 5.91 Å². The number of rotatable bonds is 3. The highest BCUT2D eigenvalue weighted by Crippen LogP contribution is 2.21. The van der Waals surface area contributed by atoms with Crippen molar-refractivity contribution in [3.63, 3.8) is 0 Å². The molecular weight excluding hydrogens is 214 g/mol. The standard InChI is InChI=1S/C13H23N3O/c17-13(11-16-8-6-14-7-9-16)15-10-12-4-2-1-3-5-12/h10,12,14H,1-9,11H2. The van der Waals surface area contributed by atoms with Crippen LogP contribution in [-0.4, -0.2) is 49.7 Å². The summed E-state index contributed by atoms with van der Waals surface area (Å²) in [4.78, 5) is 18.0. The highest BCUT2D eigenvalue weighted by Gasteiger charge is 2.14. The number of piperazine rings is 1. The quantitative estimate of drug-likeness (QED) is 0.747. The van der Waals surface area contributed by atoms with Crippen LogP contribution in [-0.2, 0) is 4.79 Å². The number of hydrogen-bond donors (Lipinski definition) is 1. The Morgan fingerprint density at radius 3 is 2.65 bits per heavy atom. The molecule has 1 saturated carbocycles. The molecule has 2 rings (SSSR count). The third kappa shape index (κ3) is 4.56. The zero-order valence-electron chi connectivity index (χ0n) is 10.5. The summed E-state index contributed by atoms with van der Waals surface area (Å²) in [6, 6.07) is 0. The van der Waals surface area contributed by atoms with Crippen LogP contribution in [0.3, 0.4) is 0 Å². The van der Waals surface area contributed by atoms with Crippen molar-refractivity contribution in [3.05, 3.63) is 0 Å². The summed E-state index contributed by atoms with van der Waals surface area (Å²) in [6.45, 7) is 4.39. The molecule has 0 unspecified atom stereocenters. The van der Waals surface area contributed by atoms with Crippen LogP contribution < -0.4 is 5.32 Å². The number of hydrogen-bond acceptors (Lipinski definition) is 3. The molecule has 2 aliphatic rings. The second kappa shape index (κ2) is 6.87. The van der Waals surface area contributed by atoms with E-state index in [1.54, 1.807) is 0 Å². The molecule has 2 fully saturated rings. The molecule has 4 heteroatoms. The number of carbonyl (C=O) groups is 1. The third-order valence-electron chi connectivity index (χ3n) is 3.65. The molecular formula is C13H23N3O. The molecule has 0 spiro atoms. The van der Waals surface area contributed by atoms with Crippen molar-refractivity contribution in [1.82, 2.24) is 10.2 Å². The lowest BCUT2D eigenvalue weighted by Gasteiger charge is -2.25. The molecule has 4 nitrogen and oxygen atoms in total. The van der Waals surface area contributed by atoms with E-state index in [1.165, 1.54) is 32.1 Å². The van der Waals surface area contributed by atoms with Gasteiger partial charge >= 0.3 is 0 Å². The molecule has 1 heterocycles. The first-order valence-electron chi connectivity index (χ1n) is 6.85. The van der Waals surface area contributed by atoms with Gasteiger partial charge in [-0.2, -0.15) is 0 Å². The van der Waals surface area contributed by atoms with Gasteiger partial charge in [0.2, 0.25) is 0 Å². The first-order valence-corrected chi connectivity index (χ1v) is 6.85. The van der Waals surface area contributed by atoms with Crippen molar-refractivity contribution >= 4 is 12.1 Å². The minimum Gasteiger partial charge on any atom is -0.314 e. The fourth-order valence-electron chi connectivity index (χ4n) is 2.57. The lowest BCUT2D eigenvalue weighted by atomic mass is 9.90.